The number of amides is 1. The van der Waals surface area contributed by atoms with Gasteiger partial charge in [0.15, 0.2) is 5.96 Å². The highest BCUT2D eigenvalue weighted by Gasteiger charge is 2.32. The Morgan fingerprint density at radius 1 is 1.24 bits per heavy atom. The number of aliphatic imine (C=N–C) groups is 1. The van der Waals surface area contributed by atoms with Gasteiger partial charge >= 0.3 is 6.09 Å². The molecule has 1 amide bonds. The van der Waals surface area contributed by atoms with Gasteiger partial charge in [-0.2, -0.15) is 0 Å². The monoisotopic (exact) mass is 346 g/mol. The molecule has 0 bridgehead atoms. The molecular weight excluding hydrogens is 316 g/mol. The molecule has 1 unspecified atom stereocenters. The highest BCUT2D eigenvalue weighted by Crippen LogP contribution is 2.32. The SMILES string of the molecule is CCNC(=NCC(NC(=O)OCC)C1CC1)NCCc1ccccc1. The number of alkyl carbamates (subject to hydrolysis) is 1. The van der Waals surface area contributed by atoms with Gasteiger partial charge in [-0.3, -0.25) is 4.99 Å². The highest BCUT2D eigenvalue weighted by molar-refractivity contribution is 5.79. The van der Waals surface area contributed by atoms with E-state index < -0.39 is 0 Å². The van der Waals surface area contributed by atoms with Crippen molar-refractivity contribution in [2.45, 2.75) is 39.2 Å². The summed E-state index contributed by atoms with van der Waals surface area (Å²) in [4.78, 5) is 16.3. The average molecular weight is 346 g/mol. The minimum Gasteiger partial charge on any atom is -0.450 e. The summed E-state index contributed by atoms with van der Waals surface area (Å²) in [5.74, 6) is 1.30. The van der Waals surface area contributed by atoms with Gasteiger partial charge in [0.2, 0.25) is 0 Å². The van der Waals surface area contributed by atoms with Crippen molar-refractivity contribution in [3.05, 3.63) is 35.9 Å². The molecule has 6 heteroatoms. The second-order valence-electron chi connectivity index (χ2n) is 6.19. The first-order valence-electron chi connectivity index (χ1n) is 9.22. The topological polar surface area (TPSA) is 74.8 Å². The average Bonchev–Trinajstić information content (AvgIpc) is 3.44. The van der Waals surface area contributed by atoms with Gasteiger partial charge < -0.3 is 20.7 Å². The van der Waals surface area contributed by atoms with Crippen molar-refractivity contribution in [2.24, 2.45) is 10.9 Å². The molecule has 1 aliphatic carbocycles. The van der Waals surface area contributed by atoms with Gasteiger partial charge in [0.1, 0.15) is 0 Å². The Kier molecular flexibility index (Phi) is 8.09. The van der Waals surface area contributed by atoms with Crippen molar-refractivity contribution in [1.82, 2.24) is 16.0 Å². The number of rotatable bonds is 9. The van der Waals surface area contributed by atoms with Crippen LogP contribution in [0.5, 0.6) is 0 Å². The largest absolute Gasteiger partial charge is 0.450 e. The molecule has 1 atom stereocenters. The summed E-state index contributed by atoms with van der Waals surface area (Å²) in [5, 5.41) is 9.55. The summed E-state index contributed by atoms with van der Waals surface area (Å²) in [7, 11) is 0. The van der Waals surface area contributed by atoms with E-state index >= 15 is 0 Å². The number of nitrogens with zero attached hydrogens (tertiary/aromatic N) is 1. The lowest BCUT2D eigenvalue weighted by Crippen LogP contribution is -2.42. The predicted octanol–water partition coefficient (Wildman–Crippen LogP) is 2.31. The van der Waals surface area contributed by atoms with Crippen LogP contribution in [0.15, 0.2) is 35.3 Å². The normalized spacial score (nSPS) is 15.4. The molecule has 6 nitrogen and oxygen atoms in total. The molecule has 1 aromatic carbocycles. The maximum Gasteiger partial charge on any atom is 0.407 e. The summed E-state index contributed by atoms with van der Waals surface area (Å²) in [6, 6.07) is 10.4. The maximum atomic E-state index is 11.7. The minimum absolute atomic E-state index is 0.0450. The fraction of sp³-hybridized carbons (Fsp3) is 0.579. The predicted molar refractivity (Wildman–Crippen MR) is 101 cm³/mol. The zero-order valence-electron chi connectivity index (χ0n) is 15.3. The van der Waals surface area contributed by atoms with Crippen LogP contribution in [0.25, 0.3) is 0 Å². The Bertz CT molecular complexity index is 544. The number of benzene rings is 1. The van der Waals surface area contributed by atoms with Crippen molar-refractivity contribution in [2.75, 3.05) is 26.2 Å². The van der Waals surface area contributed by atoms with Crippen molar-refractivity contribution in [3.63, 3.8) is 0 Å². The summed E-state index contributed by atoms with van der Waals surface area (Å²) in [6.07, 6.45) is 2.88. The van der Waals surface area contributed by atoms with Gasteiger partial charge in [0, 0.05) is 13.1 Å². The van der Waals surface area contributed by atoms with Crippen LogP contribution in [0, 0.1) is 5.92 Å². The van der Waals surface area contributed by atoms with Crippen LogP contribution >= 0.6 is 0 Å². The summed E-state index contributed by atoms with van der Waals surface area (Å²) in [5.41, 5.74) is 1.30. The van der Waals surface area contributed by atoms with Crippen LogP contribution in [0.1, 0.15) is 32.3 Å². The van der Waals surface area contributed by atoms with E-state index in [4.69, 9.17) is 4.74 Å². The van der Waals surface area contributed by atoms with Crippen molar-refractivity contribution in [3.8, 4) is 0 Å². The molecule has 0 aliphatic heterocycles. The third kappa shape index (κ3) is 7.45. The molecule has 1 aromatic rings. The lowest BCUT2D eigenvalue weighted by Gasteiger charge is -2.17. The van der Waals surface area contributed by atoms with E-state index in [1.54, 1.807) is 0 Å². The summed E-state index contributed by atoms with van der Waals surface area (Å²) < 4.78 is 4.99. The number of guanidine groups is 1. The second kappa shape index (κ2) is 10.6. The van der Waals surface area contributed by atoms with Crippen molar-refractivity contribution in [1.29, 1.82) is 0 Å². The van der Waals surface area contributed by atoms with Crippen LogP contribution in [-0.2, 0) is 11.2 Å². The van der Waals surface area contributed by atoms with E-state index in [1.165, 1.54) is 5.56 Å². The van der Waals surface area contributed by atoms with Gasteiger partial charge in [-0.05, 0) is 44.6 Å². The fourth-order valence-electron chi connectivity index (χ4n) is 2.64. The molecule has 0 saturated heterocycles. The Hall–Kier alpha value is -2.24. The third-order valence-electron chi connectivity index (χ3n) is 4.11. The molecule has 1 saturated carbocycles. The Morgan fingerprint density at radius 3 is 2.64 bits per heavy atom. The van der Waals surface area contributed by atoms with E-state index in [0.717, 1.165) is 38.3 Å². The highest BCUT2D eigenvalue weighted by atomic mass is 16.5. The first-order valence-corrected chi connectivity index (χ1v) is 9.22. The Labute approximate surface area is 150 Å². The third-order valence-corrected chi connectivity index (χ3v) is 4.11. The smallest absolute Gasteiger partial charge is 0.407 e. The molecule has 1 fully saturated rings. The molecular formula is C19H30N4O2. The molecule has 25 heavy (non-hydrogen) atoms. The minimum atomic E-state index is -0.350. The van der Waals surface area contributed by atoms with E-state index in [0.29, 0.717) is 19.1 Å². The van der Waals surface area contributed by atoms with Gasteiger partial charge in [-0.25, -0.2) is 4.79 Å². The zero-order chi connectivity index (χ0) is 17.9. The fourth-order valence-corrected chi connectivity index (χ4v) is 2.64. The molecule has 3 N–H and O–H groups in total. The first-order chi connectivity index (χ1) is 12.2. The van der Waals surface area contributed by atoms with Gasteiger partial charge in [-0.1, -0.05) is 30.3 Å². The first kappa shape index (κ1) is 19.1. The van der Waals surface area contributed by atoms with Crippen molar-refractivity contribution >= 4 is 12.1 Å². The number of ether oxygens (including phenoxy) is 1. The zero-order valence-corrected chi connectivity index (χ0v) is 15.3. The number of carbonyl (C=O) groups excluding carboxylic acids is 1. The van der Waals surface area contributed by atoms with Crippen LogP contribution in [0.3, 0.4) is 0 Å². The Balaban J connectivity index is 1.82. The van der Waals surface area contributed by atoms with E-state index in [9.17, 15) is 4.79 Å². The molecule has 1 aliphatic rings. The van der Waals surface area contributed by atoms with Gasteiger partial charge in [0.05, 0.1) is 19.2 Å². The van der Waals surface area contributed by atoms with Gasteiger partial charge in [-0.15, -0.1) is 0 Å². The number of hydrogen-bond acceptors (Lipinski definition) is 3. The molecule has 2 rings (SSSR count). The molecule has 0 radical (unpaired) electrons. The van der Waals surface area contributed by atoms with E-state index in [2.05, 4.69) is 45.2 Å². The van der Waals surface area contributed by atoms with E-state index in [-0.39, 0.29) is 12.1 Å². The molecule has 0 heterocycles. The van der Waals surface area contributed by atoms with Crippen LogP contribution < -0.4 is 16.0 Å². The van der Waals surface area contributed by atoms with Gasteiger partial charge in [0.25, 0.3) is 0 Å². The quantitative estimate of drug-likeness (QED) is 0.474. The number of hydrogen-bond donors (Lipinski definition) is 3. The van der Waals surface area contributed by atoms with Crippen molar-refractivity contribution < 1.29 is 9.53 Å². The summed E-state index contributed by atoms with van der Waals surface area (Å²) in [6.45, 7) is 6.42. The van der Waals surface area contributed by atoms with Crippen LogP contribution in [-0.4, -0.2) is 44.3 Å². The second-order valence-corrected chi connectivity index (χ2v) is 6.19. The molecule has 138 valence electrons. The maximum absolute atomic E-state index is 11.7. The molecule has 0 spiro atoms. The molecule has 0 aromatic heterocycles. The summed E-state index contributed by atoms with van der Waals surface area (Å²) >= 11 is 0. The lowest BCUT2D eigenvalue weighted by atomic mass is 10.1. The van der Waals surface area contributed by atoms with Crippen LogP contribution in [0.4, 0.5) is 4.79 Å². The number of nitrogens with one attached hydrogen (secondary N) is 3. The van der Waals surface area contributed by atoms with E-state index in [1.807, 2.05) is 19.9 Å². The lowest BCUT2D eigenvalue weighted by molar-refractivity contribution is 0.147. The number of carbonyl (C=O) groups is 1. The van der Waals surface area contributed by atoms with Crippen LogP contribution in [0.2, 0.25) is 0 Å². The standard InChI is InChI=1S/C19H30N4O2/c1-3-20-18(21-13-12-15-8-6-5-7-9-15)22-14-17(16-10-11-16)23-19(24)25-4-2/h5-9,16-17H,3-4,10-14H2,1-2H3,(H,23,24)(H2,20,21,22). The Morgan fingerprint density at radius 2 is 2.00 bits per heavy atom.